The van der Waals surface area contributed by atoms with Crippen molar-refractivity contribution in [3.05, 3.63) is 28.8 Å². The van der Waals surface area contributed by atoms with Gasteiger partial charge in [0.25, 0.3) is 0 Å². The zero-order valence-electron chi connectivity index (χ0n) is 9.71. The Morgan fingerprint density at radius 3 is 2.58 bits per heavy atom. The van der Waals surface area contributed by atoms with Crippen molar-refractivity contribution in [1.29, 1.82) is 0 Å². The molecule has 9 heteroatoms. The number of rotatable bonds is 5. The van der Waals surface area contributed by atoms with Crippen LogP contribution < -0.4 is 4.72 Å². The number of anilines is 1. The number of aliphatic carboxylic acids is 1. The Morgan fingerprint density at radius 1 is 1.42 bits per heavy atom. The van der Waals surface area contributed by atoms with Gasteiger partial charge in [0.15, 0.2) is 5.75 Å². The predicted molar refractivity (Wildman–Crippen MR) is 67.8 cm³/mol. The Kier molecular flexibility index (Phi) is 4.73. The summed E-state index contributed by atoms with van der Waals surface area (Å²) in [6.07, 6.45) is 0. The second-order valence-corrected chi connectivity index (χ2v) is 5.57. The van der Waals surface area contributed by atoms with Crippen molar-refractivity contribution in [2.75, 3.05) is 17.6 Å². The lowest BCUT2D eigenvalue weighted by atomic mass is 10.2. The summed E-state index contributed by atoms with van der Waals surface area (Å²) >= 11 is 5.75. The first-order valence-corrected chi connectivity index (χ1v) is 6.88. The van der Waals surface area contributed by atoms with Gasteiger partial charge in [0.1, 0.15) is 0 Å². The first kappa shape index (κ1) is 15.3. The molecule has 2 N–H and O–H groups in total. The zero-order chi connectivity index (χ0) is 14.6. The van der Waals surface area contributed by atoms with E-state index < -0.39 is 27.7 Å². The number of esters is 1. The van der Waals surface area contributed by atoms with E-state index in [1.165, 1.54) is 12.1 Å². The zero-order valence-corrected chi connectivity index (χ0v) is 11.3. The van der Waals surface area contributed by atoms with Gasteiger partial charge in [0, 0.05) is 5.69 Å². The number of carbonyl (C=O) groups excluding carboxylic acids is 1. The van der Waals surface area contributed by atoms with E-state index in [-0.39, 0.29) is 16.3 Å². The number of carbonyl (C=O) groups is 2. The van der Waals surface area contributed by atoms with Crippen LogP contribution in [0.4, 0.5) is 5.69 Å². The quantitative estimate of drug-likeness (QED) is 0.784. The minimum Gasteiger partial charge on any atom is -0.480 e. The first-order chi connectivity index (χ1) is 8.75. The molecule has 0 fully saturated rings. The number of benzene rings is 1. The lowest BCUT2D eigenvalue weighted by Gasteiger charge is -2.08. The van der Waals surface area contributed by atoms with Gasteiger partial charge in [-0.15, -0.1) is 0 Å². The SMILES string of the molecule is COC(=O)c1cc(NS(=O)(=O)CC(=O)O)ccc1Cl. The smallest absolute Gasteiger partial charge is 0.339 e. The van der Waals surface area contributed by atoms with Crippen molar-refractivity contribution in [3.63, 3.8) is 0 Å². The van der Waals surface area contributed by atoms with Crippen molar-refractivity contribution in [2.24, 2.45) is 0 Å². The molecule has 0 radical (unpaired) electrons. The maximum atomic E-state index is 11.4. The first-order valence-electron chi connectivity index (χ1n) is 4.85. The van der Waals surface area contributed by atoms with E-state index in [2.05, 4.69) is 4.74 Å². The van der Waals surface area contributed by atoms with Crippen molar-refractivity contribution < 1.29 is 27.9 Å². The van der Waals surface area contributed by atoms with Gasteiger partial charge in [0.05, 0.1) is 17.7 Å². The van der Waals surface area contributed by atoms with E-state index in [1.54, 1.807) is 0 Å². The molecular formula is C10H10ClNO6S. The van der Waals surface area contributed by atoms with Gasteiger partial charge in [0.2, 0.25) is 10.0 Å². The van der Waals surface area contributed by atoms with E-state index in [0.29, 0.717) is 0 Å². The summed E-state index contributed by atoms with van der Waals surface area (Å²) in [5, 5.41) is 8.53. The fourth-order valence-electron chi connectivity index (χ4n) is 1.23. The van der Waals surface area contributed by atoms with E-state index in [9.17, 15) is 18.0 Å². The summed E-state index contributed by atoms with van der Waals surface area (Å²) in [6.45, 7) is 0. The second kappa shape index (κ2) is 5.89. The molecule has 0 aliphatic heterocycles. The minimum atomic E-state index is -4.04. The highest BCUT2D eigenvalue weighted by Crippen LogP contribution is 2.22. The summed E-state index contributed by atoms with van der Waals surface area (Å²) in [7, 11) is -2.89. The highest BCUT2D eigenvalue weighted by Gasteiger charge is 2.17. The van der Waals surface area contributed by atoms with Crippen LogP contribution in [0.1, 0.15) is 10.4 Å². The molecule has 0 heterocycles. The molecule has 0 bridgehead atoms. The Hall–Kier alpha value is -1.80. The van der Waals surface area contributed by atoms with Crippen LogP contribution in [0, 0.1) is 0 Å². The van der Waals surface area contributed by atoms with Crippen LogP contribution in [0.5, 0.6) is 0 Å². The highest BCUT2D eigenvalue weighted by molar-refractivity contribution is 7.93. The average Bonchev–Trinajstić information content (AvgIpc) is 2.28. The van der Waals surface area contributed by atoms with Crippen LogP contribution in [0.3, 0.4) is 0 Å². The Bertz CT molecular complexity index is 612. The van der Waals surface area contributed by atoms with Gasteiger partial charge in [-0.2, -0.15) is 0 Å². The van der Waals surface area contributed by atoms with Crippen LogP contribution in [0.2, 0.25) is 5.02 Å². The van der Waals surface area contributed by atoms with E-state index >= 15 is 0 Å². The lowest BCUT2D eigenvalue weighted by Crippen LogP contribution is -2.22. The summed E-state index contributed by atoms with van der Waals surface area (Å²) < 4.78 is 29.3. The highest BCUT2D eigenvalue weighted by atomic mass is 35.5. The number of methoxy groups -OCH3 is 1. The third kappa shape index (κ3) is 4.42. The molecule has 7 nitrogen and oxygen atoms in total. The predicted octanol–water partition coefficient (Wildman–Crippen LogP) is 0.953. The molecule has 0 saturated carbocycles. The van der Waals surface area contributed by atoms with Gasteiger partial charge >= 0.3 is 11.9 Å². The molecule has 0 unspecified atom stereocenters. The normalized spacial score (nSPS) is 10.8. The number of nitrogens with one attached hydrogen (secondary N) is 1. The summed E-state index contributed by atoms with van der Waals surface area (Å²) in [4.78, 5) is 21.7. The topological polar surface area (TPSA) is 110 Å². The molecule has 1 aromatic carbocycles. The fraction of sp³-hybridized carbons (Fsp3) is 0.200. The minimum absolute atomic E-state index is 0.0195. The number of hydrogen-bond donors (Lipinski definition) is 2. The Morgan fingerprint density at radius 2 is 2.05 bits per heavy atom. The van der Waals surface area contributed by atoms with Gasteiger partial charge < -0.3 is 9.84 Å². The maximum Gasteiger partial charge on any atom is 0.339 e. The Labute approximate surface area is 114 Å². The Balaban J connectivity index is 3.04. The molecule has 0 spiro atoms. The molecular weight excluding hydrogens is 298 g/mol. The van der Waals surface area contributed by atoms with Crippen molar-refractivity contribution >= 4 is 39.3 Å². The standard InChI is InChI=1S/C10H10ClNO6S/c1-18-10(15)7-4-6(2-3-8(7)11)12-19(16,17)5-9(13)14/h2-4,12H,5H2,1H3,(H,13,14). The van der Waals surface area contributed by atoms with E-state index in [4.69, 9.17) is 16.7 Å². The second-order valence-electron chi connectivity index (χ2n) is 3.44. The monoisotopic (exact) mass is 307 g/mol. The van der Waals surface area contributed by atoms with Crippen LogP contribution in [0.15, 0.2) is 18.2 Å². The van der Waals surface area contributed by atoms with E-state index in [0.717, 1.165) is 13.2 Å². The molecule has 0 saturated heterocycles. The maximum absolute atomic E-state index is 11.4. The molecule has 0 amide bonds. The van der Waals surface area contributed by atoms with Gasteiger partial charge in [-0.05, 0) is 18.2 Å². The number of hydrogen-bond acceptors (Lipinski definition) is 5. The molecule has 104 valence electrons. The summed E-state index contributed by atoms with van der Waals surface area (Å²) in [6, 6.07) is 3.76. The van der Waals surface area contributed by atoms with Crippen molar-refractivity contribution in [2.45, 2.75) is 0 Å². The third-order valence-corrected chi connectivity index (χ3v) is 3.46. The third-order valence-electron chi connectivity index (χ3n) is 1.96. The molecule has 0 aromatic heterocycles. The number of ether oxygens (including phenoxy) is 1. The molecule has 1 rings (SSSR count). The van der Waals surface area contributed by atoms with Crippen LogP contribution >= 0.6 is 11.6 Å². The number of carboxylic acid groups (broad SMARTS) is 1. The van der Waals surface area contributed by atoms with Gasteiger partial charge in [-0.25, -0.2) is 13.2 Å². The number of halogens is 1. The van der Waals surface area contributed by atoms with Crippen LogP contribution in [-0.2, 0) is 19.6 Å². The lowest BCUT2D eigenvalue weighted by molar-refractivity contribution is -0.134. The summed E-state index contributed by atoms with van der Waals surface area (Å²) in [5.74, 6) is -3.30. The average molecular weight is 308 g/mol. The van der Waals surface area contributed by atoms with Crippen LogP contribution in [-0.4, -0.2) is 38.3 Å². The fourth-order valence-corrected chi connectivity index (χ4v) is 2.31. The molecule has 1 aromatic rings. The summed E-state index contributed by atoms with van der Waals surface area (Å²) in [5.41, 5.74) is -0.00857. The van der Waals surface area contributed by atoms with Crippen molar-refractivity contribution in [3.8, 4) is 0 Å². The van der Waals surface area contributed by atoms with Gasteiger partial charge in [-0.3, -0.25) is 9.52 Å². The molecule has 19 heavy (non-hydrogen) atoms. The van der Waals surface area contributed by atoms with Crippen LogP contribution in [0.25, 0.3) is 0 Å². The largest absolute Gasteiger partial charge is 0.480 e. The molecule has 0 aliphatic carbocycles. The van der Waals surface area contributed by atoms with Crippen molar-refractivity contribution in [1.82, 2.24) is 0 Å². The molecule has 0 aliphatic rings. The van der Waals surface area contributed by atoms with E-state index in [1.807, 2.05) is 4.72 Å². The number of sulfonamides is 1. The molecule has 0 atom stereocenters. The number of carboxylic acids is 1. The van der Waals surface area contributed by atoms with Gasteiger partial charge in [-0.1, -0.05) is 11.6 Å².